The fraction of sp³-hybridized carbons (Fsp3) is 0.350. The minimum Gasteiger partial charge on any atom is -0.475 e. The number of aliphatic carboxylic acids is 1. The van der Waals surface area contributed by atoms with Crippen LogP contribution in [0, 0.1) is 12.7 Å². The number of rotatable bonds is 2. The normalized spacial score (nSPS) is 13.7. The van der Waals surface area contributed by atoms with Crippen LogP contribution in [0.3, 0.4) is 0 Å². The number of halogens is 4. The molecule has 0 radical (unpaired) electrons. The number of hydrogen-bond acceptors (Lipinski definition) is 4. The average Bonchev–Trinajstić information content (AvgIpc) is 2.81. The molecule has 1 N–H and O–H groups in total. The van der Waals surface area contributed by atoms with Gasteiger partial charge in [-0.3, -0.25) is 4.79 Å². The van der Waals surface area contributed by atoms with Gasteiger partial charge in [-0.1, -0.05) is 18.2 Å². The highest BCUT2D eigenvalue weighted by molar-refractivity contribution is 5.79. The number of benzene rings is 1. The van der Waals surface area contributed by atoms with E-state index in [9.17, 15) is 22.4 Å². The SMILES string of the molecule is Cc1ccc2c(n1)N(C)CCN(C(=O)Cc1cccc(F)c1)C2.O=C(O)C(F)(F)F. The molecule has 2 heterocycles. The Balaban J connectivity index is 0.000000396. The molecule has 0 aliphatic carbocycles. The topological polar surface area (TPSA) is 73.7 Å². The first-order valence-corrected chi connectivity index (χ1v) is 8.97. The summed E-state index contributed by atoms with van der Waals surface area (Å²) in [5.74, 6) is -2.12. The minimum absolute atomic E-state index is 0.0115. The molecule has 30 heavy (non-hydrogen) atoms. The lowest BCUT2D eigenvalue weighted by atomic mass is 10.1. The molecule has 162 valence electrons. The summed E-state index contributed by atoms with van der Waals surface area (Å²) in [7, 11) is 1.99. The lowest BCUT2D eigenvalue weighted by Gasteiger charge is -2.21. The molecule has 1 amide bonds. The summed E-state index contributed by atoms with van der Waals surface area (Å²) < 4.78 is 45.0. The Morgan fingerprint density at radius 3 is 2.43 bits per heavy atom. The number of fused-ring (bicyclic) bond motifs is 1. The summed E-state index contributed by atoms with van der Waals surface area (Å²) in [6.45, 7) is 3.88. The Hall–Kier alpha value is -3.17. The van der Waals surface area contributed by atoms with Crippen LogP contribution in [-0.2, 0) is 22.6 Å². The van der Waals surface area contributed by atoms with Crippen molar-refractivity contribution in [2.24, 2.45) is 0 Å². The van der Waals surface area contributed by atoms with Crippen molar-refractivity contribution >= 4 is 17.7 Å². The van der Waals surface area contributed by atoms with Crippen LogP contribution in [0.15, 0.2) is 36.4 Å². The highest BCUT2D eigenvalue weighted by Crippen LogP contribution is 2.22. The van der Waals surface area contributed by atoms with Crippen molar-refractivity contribution in [1.82, 2.24) is 9.88 Å². The number of carbonyl (C=O) groups is 2. The third kappa shape index (κ3) is 6.43. The van der Waals surface area contributed by atoms with E-state index in [4.69, 9.17) is 9.90 Å². The van der Waals surface area contributed by atoms with Crippen LogP contribution < -0.4 is 4.90 Å². The van der Waals surface area contributed by atoms with Gasteiger partial charge in [-0.05, 0) is 30.7 Å². The van der Waals surface area contributed by atoms with Crippen molar-refractivity contribution in [1.29, 1.82) is 0 Å². The smallest absolute Gasteiger partial charge is 0.475 e. The van der Waals surface area contributed by atoms with Crippen molar-refractivity contribution in [3.63, 3.8) is 0 Å². The average molecular weight is 427 g/mol. The molecule has 10 heteroatoms. The molecule has 1 aliphatic rings. The number of amides is 1. The molecular weight excluding hydrogens is 406 g/mol. The molecule has 0 saturated carbocycles. The van der Waals surface area contributed by atoms with Crippen LogP contribution in [0.2, 0.25) is 0 Å². The number of aryl methyl sites for hydroxylation is 1. The van der Waals surface area contributed by atoms with Gasteiger partial charge in [0.15, 0.2) is 0 Å². The molecule has 0 spiro atoms. The van der Waals surface area contributed by atoms with Gasteiger partial charge in [0.05, 0.1) is 6.42 Å². The predicted octanol–water partition coefficient (Wildman–Crippen LogP) is 3.18. The molecule has 0 fully saturated rings. The van der Waals surface area contributed by atoms with Crippen molar-refractivity contribution in [3.8, 4) is 0 Å². The van der Waals surface area contributed by atoms with E-state index in [1.165, 1.54) is 12.1 Å². The van der Waals surface area contributed by atoms with E-state index in [-0.39, 0.29) is 18.1 Å². The second-order valence-corrected chi connectivity index (χ2v) is 6.78. The number of carboxylic acids is 1. The van der Waals surface area contributed by atoms with Crippen LogP contribution in [0.1, 0.15) is 16.8 Å². The number of likely N-dealkylation sites (N-methyl/N-ethyl adjacent to an activating group) is 1. The zero-order chi connectivity index (χ0) is 22.5. The van der Waals surface area contributed by atoms with Gasteiger partial charge in [-0.2, -0.15) is 13.2 Å². The Kier molecular flexibility index (Phi) is 7.36. The summed E-state index contributed by atoms with van der Waals surface area (Å²) >= 11 is 0. The lowest BCUT2D eigenvalue weighted by Crippen LogP contribution is -2.35. The van der Waals surface area contributed by atoms with E-state index in [0.717, 1.165) is 23.6 Å². The van der Waals surface area contributed by atoms with E-state index < -0.39 is 12.1 Å². The van der Waals surface area contributed by atoms with E-state index >= 15 is 0 Å². The molecule has 0 bridgehead atoms. The standard InChI is InChI=1S/C18H20FN3O.C2HF3O2/c1-13-6-7-15-12-22(9-8-21(2)18(15)20-13)17(23)11-14-4-3-5-16(19)10-14;3-2(4,5)1(6)7/h3-7,10H,8-9,11-12H2,1-2H3;(H,6,7). The largest absolute Gasteiger partial charge is 0.490 e. The Morgan fingerprint density at radius 2 is 1.83 bits per heavy atom. The molecule has 2 aromatic rings. The number of nitrogens with zero attached hydrogens (tertiary/aromatic N) is 3. The number of pyridine rings is 1. The van der Waals surface area contributed by atoms with E-state index in [2.05, 4.69) is 9.88 Å². The molecule has 6 nitrogen and oxygen atoms in total. The number of hydrogen-bond donors (Lipinski definition) is 1. The first-order chi connectivity index (χ1) is 14.0. The maximum atomic E-state index is 13.3. The Labute approximate surface area is 170 Å². The van der Waals surface area contributed by atoms with Gasteiger partial charge >= 0.3 is 12.1 Å². The third-order valence-electron chi connectivity index (χ3n) is 4.36. The van der Waals surface area contributed by atoms with Crippen LogP contribution in [-0.4, -0.2) is 53.2 Å². The van der Waals surface area contributed by atoms with Crippen LogP contribution in [0.5, 0.6) is 0 Å². The zero-order valence-electron chi connectivity index (χ0n) is 16.4. The van der Waals surface area contributed by atoms with E-state index in [0.29, 0.717) is 18.7 Å². The number of carboxylic acid groups (broad SMARTS) is 1. The van der Waals surface area contributed by atoms with Crippen molar-refractivity contribution in [2.75, 3.05) is 25.0 Å². The van der Waals surface area contributed by atoms with E-state index in [1.807, 2.05) is 31.0 Å². The van der Waals surface area contributed by atoms with Gasteiger partial charge in [0.2, 0.25) is 5.91 Å². The highest BCUT2D eigenvalue weighted by atomic mass is 19.4. The second-order valence-electron chi connectivity index (χ2n) is 6.78. The monoisotopic (exact) mass is 427 g/mol. The molecule has 0 saturated heterocycles. The van der Waals surface area contributed by atoms with E-state index in [1.54, 1.807) is 12.1 Å². The Morgan fingerprint density at radius 1 is 1.17 bits per heavy atom. The van der Waals surface area contributed by atoms with Gasteiger partial charge in [0.1, 0.15) is 11.6 Å². The summed E-state index contributed by atoms with van der Waals surface area (Å²) in [5.41, 5.74) is 2.72. The van der Waals surface area contributed by atoms with Crippen molar-refractivity contribution in [2.45, 2.75) is 26.1 Å². The maximum absolute atomic E-state index is 13.3. The van der Waals surface area contributed by atoms with Crippen LogP contribution >= 0.6 is 0 Å². The fourth-order valence-electron chi connectivity index (χ4n) is 2.83. The minimum atomic E-state index is -5.08. The summed E-state index contributed by atoms with van der Waals surface area (Å²) in [5, 5.41) is 7.12. The molecule has 1 aromatic heterocycles. The molecule has 0 unspecified atom stereocenters. The quantitative estimate of drug-likeness (QED) is 0.746. The van der Waals surface area contributed by atoms with Gasteiger partial charge in [0, 0.05) is 37.9 Å². The number of carbonyl (C=O) groups excluding carboxylic acids is 1. The molecule has 3 rings (SSSR count). The van der Waals surface area contributed by atoms with Crippen LogP contribution in [0.4, 0.5) is 23.4 Å². The predicted molar refractivity (Wildman–Crippen MR) is 101 cm³/mol. The second kappa shape index (κ2) is 9.55. The highest BCUT2D eigenvalue weighted by Gasteiger charge is 2.38. The molecule has 0 atom stereocenters. The molecular formula is C20H21F4N3O3. The summed E-state index contributed by atoms with van der Waals surface area (Å²) in [6, 6.07) is 10.2. The molecule has 1 aliphatic heterocycles. The first kappa shape index (κ1) is 23.1. The number of aromatic nitrogens is 1. The maximum Gasteiger partial charge on any atom is 0.490 e. The van der Waals surface area contributed by atoms with Crippen molar-refractivity contribution in [3.05, 3.63) is 59.0 Å². The van der Waals surface area contributed by atoms with Gasteiger partial charge < -0.3 is 14.9 Å². The summed E-state index contributed by atoms with van der Waals surface area (Å²) in [6.07, 6.45) is -4.86. The number of anilines is 1. The van der Waals surface area contributed by atoms with Crippen molar-refractivity contribution < 1.29 is 32.3 Å². The third-order valence-corrected chi connectivity index (χ3v) is 4.36. The summed E-state index contributed by atoms with van der Waals surface area (Å²) in [4.78, 5) is 30.0. The molecule has 1 aromatic carbocycles. The fourth-order valence-corrected chi connectivity index (χ4v) is 2.83. The lowest BCUT2D eigenvalue weighted by molar-refractivity contribution is -0.192. The van der Waals surface area contributed by atoms with Gasteiger partial charge in [0.25, 0.3) is 0 Å². The zero-order valence-corrected chi connectivity index (χ0v) is 16.4. The van der Waals surface area contributed by atoms with Crippen LogP contribution in [0.25, 0.3) is 0 Å². The van der Waals surface area contributed by atoms with Gasteiger partial charge in [-0.25, -0.2) is 14.2 Å². The number of alkyl halides is 3. The first-order valence-electron chi connectivity index (χ1n) is 8.97. The Bertz CT molecular complexity index is 918. The van der Waals surface area contributed by atoms with Gasteiger partial charge in [-0.15, -0.1) is 0 Å².